The van der Waals surface area contributed by atoms with E-state index in [0.29, 0.717) is 0 Å². The van der Waals surface area contributed by atoms with E-state index in [1.165, 1.54) is 5.38 Å². The lowest BCUT2D eigenvalue weighted by atomic mass is 9.83. The lowest BCUT2D eigenvalue weighted by Gasteiger charge is -2.49. The number of thioether (sulfide) groups is 1. The summed E-state index contributed by atoms with van der Waals surface area (Å²) < 4.78 is 41.1. The van der Waals surface area contributed by atoms with Crippen LogP contribution in [-0.2, 0) is 19.2 Å². The van der Waals surface area contributed by atoms with Gasteiger partial charge in [-0.3, -0.25) is 19.3 Å². The lowest BCUT2D eigenvalue weighted by Crippen LogP contribution is -2.71. The Hall–Kier alpha value is -3.64. The van der Waals surface area contributed by atoms with Crippen LogP contribution in [0, 0.1) is 11.8 Å². The summed E-state index contributed by atoms with van der Waals surface area (Å²) in [6.45, 7) is -0.00171. The van der Waals surface area contributed by atoms with Crippen LogP contribution in [0.2, 0.25) is 0 Å². The quantitative estimate of drug-likeness (QED) is 0.0812. The minimum absolute atomic E-state index is 0.0227. The van der Waals surface area contributed by atoms with Crippen molar-refractivity contribution >= 4 is 57.6 Å². The van der Waals surface area contributed by atoms with Crippen molar-refractivity contribution < 1.29 is 42.7 Å². The fourth-order valence-electron chi connectivity index (χ4n) is 5.50. The summed E-state index contributed by atoms with van der Waals surface area (Å²) in [4.78, 5) is 55.9. The molecule has 3 amide bonds. The number of nitrogen functional groups attached to an aromatic ring is 1. The van der Waals surface area contributed by atoms with Crippen LogP contribution < -0.4 is 21.7 Å². The molecule has 3 saturated heterocycles. The number of carbonyl (C=O) groups excluding carboxylic acids is 3. The van der Waals surface area contributed by atoms with Gasteiger partial charge in [-0.05, 0) is 36.5 Å². The third kappa shape index (κ3) is 5.26. The maximum atomic E-state index is 13.7. The smallest absolute Gasteiger partial charge is 0.393 e. The number of aliphatic carboxylic acids is 1. The number of hydrogen-bond acceptors (Lipinski definition) is 11. The molecule has 220 valence electrons. The predicted molar refractivity (Wildman–Crippen MR) is 140 cm³/mol. The number of rotatable bonds is 7. The average molecular weight is 616 g/mol. The molecule has 0 saturated carbocycles. The van der Waals surface area contributed by atoms with Crippen molar-refractivity contribution in [3.05, 3.63) is 33.5 Å². The minimum Gasteiger partial charge on any atom is -0.477 e. The monoisotopic (exact) mass is 615 g/mol. The molecule has 41 heavy (non-hydrogen) atoms. The maximum Gasteiger partial charge on any atom is 0.393 e. The van der Waals surface area contributed by atoms with Gasteiger partial charge < -0.3 is 32.0 Å². The molecule has 13 nitrogen and oxygen atoms in total. The molecular weight excluding hydrogens is 591 g/mol. The van der Waals surface area contributed by atoms with Crippen LogP contribution >= 0.6 is 23.1 Å². The Labute approximate surface area is 238 Å². The zero-order valence-electron chi connectivity index (χ0n) is 21.0. The minimum atomic E-state index is -4.49. The molecule has 0 aromatic carbocycles. The number of hydrogen-bond donors (Lipinski definition) is 6. The van der Waals surface area contributed by atoms with Crippen molar-refractivity contribution in [2.45, 2.75) is 30.4 Å². The number of nitrogens with two attached hydrogens (primary N) is 1. The second-order valence-corrected chi connectivity index (χ2v) is 11.7. The van der Waals surface area contributed by atoms with Crippen molar-refractivity contribution in [3.8, 4) is 0 Å². The van der Waals surface area contributed by atoms with Crippen molar-refractivity contribution in [1.29, 1.82) is 0 Å². The molecule has 18 heteroatoms. The number of amides is 3. The third-order valence-electron chi connectivity index (χ3n) is 7.43. The Kier molecular flexibility index (Phi) is 7.73. The number of halogens is 3. The number of carboxylic acid groups (broad SMARTS) is 1. The summed E-state index contributed by atoms with van der Waals surface area (Å²) in [5.74, 6) is -6.36. The summed E-state index contributed by atoms with van der Waals surface area (Å²) in [5.41, 5.74) is 5.10. The number of β-lactam (4-membered cyclic amide) rings is 1. The van der Waals surface area contributed by atoms with E-state index >= 15 is 0 Å². The highest BCUT2D eigenvalue weighted by atomic mass is 32.2. The topological polar surface area (TPSA) is 199 Å². The van der Waals surface area contributed by atoms with E-state index in [2.05, 4.69) is 26.1 Å². The van der Waals surface area contributed by atoms with Crippen molar-refractivity contribution in [3.63, 3.8) is 0 Å². The van der Waals surface area contributed by atoms with Crippen LogP contribution in [0.4, 0.5) is 18.3 Å². The molecule has 0 spiro atoms. The van der Waals surface area contributed by atoms with Gasteiger partial charge in [-0.1, -0.05) is 5.16 Å². The summed E-state index contributed by atoms with van der Waals surface area (Å²) in [7, 11) is 0. The summed E-state index contributed by atoms with van der Waals surface area (Å²) in [6.07, 6.45) is -4.49. The number of oxime groups is 1. The molecule has 5 rings (SSSR count). The largest absolute Gasteiger partial charge is 0.477 e. The highest BCUT2D eigenvalue weighted by molar-refractivity contribution is 8.00. The molecule has 3 fully saturated rings. The van der Waals surface area contributed by atoms with Crippen LogP contribution in [0.1, 0.15) is 18.5 Å². The van der Waals surface area contributed by atoms with E-state index in [9.17, 15) is 42.7 Å². The number of aromatic nitrogens is 1. The molecule has 0 unspecified atom stereocenters. The fraction of sp³-hybridized carbons (Fsp3) is 0.478. The van der Waals surface area contributed by atoms with Crippen LogP contribution in [-0.4, -0.2) is 92.6 Å². The van der Waals surface area contributed by atoms with E-state index in [0.717, 1.165) is 28.0 Å². The second kappa shape index (κ2) is 11.0. The highest BCUT2D eigenvalue weighted by Crippen LogP contribution is 2.46. The van der Waals surface area contributed by atoms with Crippen molar-refractivity contribution in [1.82, 2.24) is 25.8 Å². The van der Waals surface area contributed by atoms with Gasteiger partial charge >= 0.3 is 12.1 Å². The van der Waals surface area contributed by atoms with Gasteiger partial charge in [0.1, 0.15) is 22.8 Å². The van der Waals surface area contributed by atoms with Crippen LogP contribution in [0.3, 0.4) is 0 Å². The van der Waals surface area contributed by atoms with Gasteiger partial charge in [-0.25, -0.2) is 9.78 Å². The Bertz CT molecular complexity index is 1410. The first kappa shape index (κ1) is 28.9. The molecule has 1 aromatic rings. The first-order chi connectivity index (χ1) is 19.4. The maximum absolute atomic E-state index is 13.7. The van der Waals surface area contributed by atoms with Crippen molar-refractivity contribution in [2.24, 2.45) is 17.0 Å². The van der Waals surface area contributed by atoms with Gasteiger partial charge in [0.2, 0.25) is 5.91 Å². The van der Waals surface area contributed by atoms with Crippen LogP contribution in [0.5, 0.6) is 0 Å². The summed E-state index contributed by atoms with van der Waals surface area (Å²) in [5, 5.41) is 30.8. The number of carboxylic acids is 1. The van der Waals surface area contributed by atoms with Gasteiger partial charge in [-0.2, -0.15) is 13.2 Å². The number of nitrogens with zero attached hydrogens (tertiary/aromatic N) is 3. The van der Waals surface area contributed by atoms with Gasteiger partial charge in [0, 0.05) is 29.8 Å². The lowest BCUT2D eigenvalue weighted by molar-refractivity contribution is -0.179. The number of allylic oxidation sites excluding steroid dienone is 1. The van der Waals surface area contributed by atoms with Crippen molar-refractivity contribution in [2.75, 3.05) is 31.1 Å². The SMILES string of the molecule is Nc1nc(C(=NO)C(=O)N[C@@H]2C(=O)N3C(C(=O)O)=C(C(C[C@H]4CNC[C@@H]4C(F)(F)F)=C4CCNC4=O)CS[C@H]23)cs1. The first-order valence-corrected chi connectivity index (χ1v) is 14.3. The number of thiazole rings is 1. The van der Waals surface area contributed by atoms with E-state index in [1.807, 2.05) is 0 Å². The van der Waals surface area contributed by atoms with Crippen LogP contribution in [0.15, 0.2) is 33.0 Å². The molecule has 0 radical (unpaired) electrons. The second-order valence-electron chi connectivity index (χ2n) is 9.75. The Morgan fingerprint density at radius 2 is 2.05 bits per heavy atom. The molecule has 5 heterocycles. The molecule has 4 aliphatic heterocycles. The van der Waals surface area contributed by atoms with Gasteiger partial charge in [0.05, 0.1) is 5.92 Å². The fourth-order valence-corrected chi connectivity index (χ4v) is 7.43. The zero-order valence-corrected chi connectivity index (χ0v) is 22.7. The molecule has 0 bridgehead atoms. The molecule has 7 N–H and O–H groups in total. The Balaban J connectivity index is 1.45. The Morgan fingerprint density at radius 3 is 2.63 bits per heavy atom. The van der Waals surface area contributed by atoms with E-state index in [-0.39, 0.29) is 65.8 Å². The molecule has 1 aromatic heterocycles. The first-order valence-electron chi connectivity index (χ1n) is 12.4. The predicted octanol–water partition coefficient (Wildman–Crippen LogP) is 0.247. The summed E-state index contributed by atoms with van der Waals surface area (Å²) in [6, 6.07) is -1.18. The molecule has 0 aliphatic carbocycles. The summed E-state index contributed by atoms with van der Waals surface area (Å²) >= 11 is 2.09. The zero-order chi connectivity index (χ0) is 29.6. The normalized spacial score (nSPS) is 27.9. The molecular formula is C23H24F3N7O6S2. The van der Waals surface area contributed by atoms with Gasteiger partial charge in [0.15, 0.2) is 10.8 Å². The highest BCUT2D eigenvalue weighted by Gasteiger charge is 2.55. The average Bonchev–Trinajstić information content (AvgIpc) is 3.66. The number of nitrogens with one attached hydrogen (secondary N) is 3. The molecule has 4 aliphatic rings. The number of fused-ring (bicyclic) bond motifs is 1. The van der Waals surface area contributed by atoms with Crippen LogP contribution in [0.25, 0.3) is 0 Å². The number of anilines is 1. The third-order valence-corrected chi connectivity index (χ3v) is 9.38. The Morgan fingerprint density at radius 1 is 1.29 bits per heavy atom. The van der Waals surface area contributed by atoms with E-state index in [4.69, 9.17) is 5.73 Å². The van der Waals surface area contributed by atoms with Gasteiger partial charge in [-0.15, -0.1) is 23.1 Å². The van der Waals surface area contributed by atoms with E-state index < -0.39 is 64.5 Å². The number of carbonyl (C=O) groups is 4. The molecule has 4 atom stereocenters. The van der Waals surface area contributed by atoms with E-state index in [1.54, 1.807) is 0 Å². The standard InChI is InChI=1S/C23H24F3N7O6S2/c24-23(25,26)12-5-28-4-8(12)3-10(9-1-2-29-17(9)34)11-6-40-20-15(19(36)33(20)16(11)21(37)38)31-18(35)14(32-39)13-7-41-22(27)30-13/h7-8,12,15,20,28,39H,1-6H2,(H2,27,30)(H,29,34)(H,31,35)(H,37,38)/t8-,12-,15+,20+/m0/s1. The van der Waals surface area contributed by atoms with Gasteiger partial charge in [0.25, 0.3) is 11.8 Å². The number of alkyl halides is 3.